The van der Waals surface area contributed by atoms with Crippen LogP contribution in [0.3, 0.4) is 0 Å². The summed E-state index contributed by atoms with van der Waals surface area (Å²) in [6.45, 7) is 8.96. The summed E-state index contributed by atoms with van der Waals surface area (Å²) in [6.07, 6.45) is 5.06. The van der Waals surface area contributed by atoms with Gasteiger partial charge in [0.2, 0.25) is 0 Å². The fourth-order valence-electron chi connectivity index (χ4n) is 0.564. The molecule has 0 aromatic carbocycles. The maximum atomic E-state index is 5.86. The molecule has 0 saturated carbocycles. The molecule has 13 heavy (non-hydrogen) atoms. The SMILES string of the molecule is C=C=C/C=C(\C=C(\Cl)C(=C)C)OC. The molecule has 0 radical (unpaired) electrons. The highest BCUT2D eigenvalue weighted by Gasteiger charge is 1.95. The van der Waals surface area contributed by atoms with Gasteiger partial charge in [0.15, 0.2) is 0 Å². The van der Waals surface area contributed by atoms with E-state index in [9.17, 15) is 0 Å². The van der Waals surface area contributed by atoms with E-state index in [1.165, 1.54) is 0 Å². The van der Waals surface area contributed by atoms with Crippen LogP contribution in [0.1, 0.15) is 6.92 Å². The Bertz CT molecular complexity index is 291. The van der Waals surface area contributed by atoms with E-state index in [0.29, 0.717) is 10.8 Å². The standard InChI is InChI=1S/C11H13ClO/c1-5-6-7-10(13-4)8-11(12)9(2)3/h6-8H,1-2H2,3-4H3/b10-7+,11-8+. The van der Waals surface area contributed by atoms with Crippen molar-refractivity contribution in [3.63, 3.8) is 0 Å². The predicted octanol–water partition coefficient (Wildman–Crippen LogP) is 3.56. The maximum Gasteiger partial charge on any atom is 0.120 e. The van der Waals surface area contributed by atoms with Crippen molar-refractivity contribution in [1.82, 2.24) is 0 Å². The highest BCUT2D eigenvalue weighted by atomic mass is 35.5. The number of allylic oxidation sites excluding steroid dienone is 5. The number of hydrogen-bond donors (Lipinski definition) is 0. The minimum atomic E-state index is 0.575. The molecule has 0 bridgehead atoms. The first kappa shape index (κ1) is 11.8. The lowest BCUT2D eigenvalue weighted by molar-refractivity contribution is 0.307. The fourth-order valence-corrected chi connectivity index (χ4v) is 0.672. The van der Waals surface area contributed by atoms with Crippen molar-refractivity contribution in [2.24, 2.45) is 0 Å². The van der Waals surface area contributed by atoms with Gasteiger partial charge in [-0.25, -0.2) is 0 Å². The van der Waals surface area contributed by atoms with E-state index >= 15 is 0 Å². The largest absolute Gasteiger partial charge is 0.497 e. The van der Waals surface area contributed by atoms with Crippen molar-refractivity contribution in [1.29, 1.82) is 0 Å². The van der Waals surface area contributed by atoms with Crippen LogP contribution in [-0.4, -0.2) is 7.11 Å². The Morgan fingerprint density at radius 3 is 2.54 bits per heavy atom. The van der Waals surface area contributed by atoms with Crippen LogP contribution in [0.25, 0.3) is 0 Å². The summed E-state index contributed by atoms with van der Waals surface area (Å²) in [7, 11) is 1.57. The summed E-state index contributed by atoms with van der Waals surface area (Å²) >= 11 is 5.86. The Hall–Kier alpha value is -1.17. The lowest BCUT2D eigenvalue weighted by Crippen LogP contribution is -1.83. The third-order valence-corrected chi connectivity index (χ3v) is 1.71. The number of rotatable bonds is 4. The maximum absolute atomic E-state index is 5.86. The Morgan fingerprint density at radius 2 is 2.15 bits per heavy atom. The van der Waals surface area contributed by atoms with E-state index in [1.807, 2.05) is 6.92 Å². The summed E-state index contributed by atoms with van der Waals surface area (Å²) in [4.78, 5) is 0. The third-order valence-electron chi connectivity index (χ3n) is 1.28. The smallest absolute Gasteiger partial charge is 0.120 e. The van der Waals surface area contributed by atoms with Crippen LogP contribution in [0.5, 0.6) is 0 Å². The van der Waals surface area contributed by atoms with Crippen LogP contribution in [-0.2, 0) is 4.74 Å². The van der Waals surface area contributed by atoms with Gasteiger partial charge < -0.3 is 4.74 Å². The monoisotopic (exact) mass is 196 g/mol. The molecule has 0 amide bonds. The third kappa shape index (κ3) is 5.13. The molecule has 0 aliphatic heterocycles. The average molecular weight is 197 g/mol. The molecular weight excluding hydrogens is 184 g/mol. The number of halogens is 1. The molecule has 70 valence electrons. The zero-order chi connectivity index (χ0) is 10.3. The second-order valence-corrected chi connectivity index (χ2v) is 2.82. The Balaban J connectivity index is 4.71. The van der Waals surface area contributed by atoms with E-state index < -0.39 is 0 Å². The first-order valence-electron chi connectivity index (χ1n) is 3.75. The molecule has 1 nitrogen and oxygen atoms in total. The average Bonchev–Trinajstić information content (AvgIpc) is 2.11. The molecule has 0 spiro atoms. The second kappa shape index (κ2) is 6.36. The summed E-state index contributed by atoms with van der Waals surface area (Å²) in [6, 6.07) is 0. The van der Waals surface area contributed by atoms with Crippen molar-refractivity contribution in [2.75, 3.05) is 7.11 Å². The molecule has 0 fully saturated rings. The van der Waals surface area contributed by atoms with Crippen molar-refractivity contribution in [2.45, 2.75) is 6.92 Å². The van der Waals surface area contributed by atoms with Crippen LogP contribution < -0.4 is 0 Å². The zero-order valence-electron chi connectivity index (χ0n) is 7.93. The number of ether oxygens (including phenoxy) is 1. The first-order valence-corrected chi connectivity index (χ1v) is 4.12. The van der Waals surface area contributed by atoms with Gasteiger partial charge in [-0.15, -0.1) is 5.73 Å². The normalized spacial score (nSPS) is 11.9. The van der Waals surface area contributed by atoms with Crippen molar-refractivity contribution in [3.05, 3.63) is 53.5 Å². The van der Waals surface area contributed by atoms with Gasteiger partial charge in [-0.2, -0.15) is 0 Å². The van der Waals surface area contributed by atoms with E-state index in [1.54, 1.807) is 25.3 Å². The summed E-state index contributed by atoms with van der Waals surface area (Å²) in [5.74, 6) is 0.643. The van der Waals surface area contributed by atoms with Crippen molar-refractivity contribution >= 4 is 11.6 Å². The molecule has 0 aromatic rings. The van der Waals surface area contributed by atoms with Gasteiger partial charge in [0.25, 0.3) is 0 Å². The molecule has 2 heteroatoms. The van der Waals surface area contributed by atoms with Crippen LogP contribution in [0.15, 0.2) is 53.5 Å². The van der Waals surface area contributed by atoms with Crippen molar-refractivity contribution in [3.8, 4) is 0 Å². The molecule has 0 heterocycles. The molecule has 0 saturated heterocycles. The minimum absolute atomic E-state index is 0.575. The van der Waals surface area contributed by atoms with E-state index in [0.717, 1.165) is 5.57 Å². The highest BCUT2D eigenvalue weighted by Crippen LogP contribution is 2.14. The Morgan fingerprint density at radius 1 is 1.54 bits per heavy atom. The summed E-state index contributed by atoms with van der Waals surface area (Å²) < 4.78 is 5.03. The fraction of sp³-hybridized carbons (Fsp3) is 0.182. The molecule has 0 atom stereocenters. The van der Waals surface area contributed by atoms with Gasteiger partial charge in [0.05, 0.1) is 7.11 Å². The molecular formula is C11H13ClO. The van der Waals surface area contributed by atoms with Gasteiger partial charge in [0, 0.05) is 5.03 Å². The molecule has 0 aliphatic rings. The van der Waals surface area contributed by atoms with Gasteiger partial charge in [-0.05, 0) is 30.7 Å². The van der Waals surface area contributed by atoms with Gasteiger partial charge in [-0.1, -0.05) is 24.8 Å². The predicted molar refractivity (Wildman–Crippen MR) is 57.6 cm³/mol. The Kier molecular flexibility index (Phi) is 5.79. The number of hydrogen-bond acceptors (Lipinski definition) is 1. The highest BCUT2D eigenvalue weighted by molar-refractivity contribution is 6.32. The first-order chi connectivity index (χ1) is 6.11. The summed E-state index contributed by atoms with van der Waals surface area (Å²) in [5.41, 5.74) is 3.41. The van der Waals surface area contributed by atoms with E-state index in [2.05, 4.69) is 18.9 Å². The van der Waals surface area contributed by atoms with Crippen LogP contribution in [0.4, 0.5) is 0 Å². The zero-order valence-corrected chi connectivity index (χ0v) is 8.69. The molecule has 0 unspecified atom stereocenters. The quantitative estimate of drug-likeness (QED) is 0.380. The molecule has 0 aliphatic carbocycles. The topological polar surface area (TPSA) is 9.23 Å². The lowest BCUT2D eigenvalue weighted by Gasteiger charge is -2.00. The minimum Gasteiger partial charge on any atom is -0.497 e. The van der Waals surface area contributed by atoms with Crippen molar-refractivity contribution < 1.29 is 4.74 Å². The van der Waals surface area contributed by atoms with Crippen LogP contribution >= 0.6 is 11.6 Å². The van der Waals surface area contributed by atoms with Crippen LogP contribution in [0, 0.1) is 0 Å². The lowest BCUT2D eigenvalue weighted by atomic mass is 10.3. The van der Waals surface area contributed by atoms with Gasteiger partial charge in [-0.3, -0.25) is 0 Å². The summed E-state index contributed by atoms with van der Waals surface area (Å²) in [5, 5.41) is 0.575. The van der Waals surface area contributed by atoms with E-state index in [4.69, 9.17) is 16.3 Å². The van der Waals surface area contributed by atoms with Gasteiger partial charge in [0.1, 0.15) is 5.76 Å². The van der Waals surface area contributed by atoms with Crippen LogP contribution in [0.2, 0.25) is 0 Å². The second-order valence-electron chi connectivity index (χ2n) is 2.42. The molecule has 0 rings (SSSR count). The molecule has 0 aromatic heterocycles. The van der Waals surface area contributed by atoms with E-state index in [-0.39, 0.29) is 0 Å². The molecule has 0 N–H and O–H groups in total. The van der Waals surface area contributed by atoms with Gasteiger partial charge >= 0.3 is 0 Å². The Labute approximate surface area is 84.4 Å². The number of methoxy groups -OCH3 is 1.